The topological polar surface area (TPSA) is 81.4 Å². The summed E-state index contributed by atoms with van der Waals surface area (Å²) in [5.74, 6) is -0.741. The number of hydrogen-bond acceptors (Lipinski definition) is 4. The Bertz CT molecular complexity index is 561. The number of hydrogen-bond donors (Lipinski definition) is 2. The summed E-state index contributed by atoms with van der Waals surface area (Å²) in [7, 11) is -3.59. The molecule has 0 atom stereocenters. The van der Waals surface area contributed by atoms with Gasteiger partial charge < -0.3 is 10.5 Å². The molecule has 0 aliphatic rings. The first-order valence-corrected chi connectivity index (χ1v) is 7.59. The molecule has 0 bridgehead atoms. The van der Waals surface area contributed by atoms with Crippen LogP contribution in [-0.4, -0.2) is 32.4 Å². The molecule has 0 aromatic heterocycles. The Morgan fingerprint density at radius 1 is 1.53 bits per heavy atom. The van der Waals surface area contributed by atoms with Gasteiger partial charge >= 0.3 is 0 Å². The molecule has 1 aromatic rings. The van der Waals surface area contributed by atoms with Gasteiger partial charge in [-0.2, -0.15) is 0 Å². The van der Waals surface area contributed by atoms with Crippen molar-refractivity contribution in [3.63, 3.8) is 0 Å². The zero-order valence-corrected chi connectivity index (χ0v) is 12.0. The molecule has 0 amide bonds. The summed E-state index contributed by atoms with van der Waals surface area (Å²) in [5, 5.41) is 0. The molecule has 19 heavy (non-hydrogen) atoms. The Labute approximate surface area is 117 Å². The zero-order chi connectivity index (χ0) is 14.5. The lowest BCUT2D eigenvalue weighted by Gasteiger charge is -2.12. The molecule has 106 valence electrons. The normalized spacial score (nSPS) is 11.3. The van der Waals surface area contributed by atoms with Crippen molar-refractivity contribution in [2.75, 3.05) is 23.7 Å². The number of sulfonamides is 1. The van der Waals surface area contributed by atoms with E-state index in [0.717, 1.165) is 12.1 Å². The monoisotopic (exact) mass is 306 g/mol. The molecular weight excluding hydrogens is 291 g/mol. The second-order valence-electron chi connectivity index (χ2n) is 3.67. The summed E-state index contributed by atoms with van der Waals surface area (Å²) >= 11 is 4.76. The zero-order valence-electron chi connectivity index (χ0n) is 10.3. The van der Waals surface area contributed by atoms with Gasteiger partial charge in [0, 0.05) is 12.2 Å². The van der Waals surface area contributed by atoms with E-state index in [-0.39, 0.29) is 28.6 Å². The maximum absolute atomic E-state index is 13.1. The number of ether oxygens (including phenoxy) is 1. The van der Waals surface area contributed by atoms with E-state index in [2.05, 4.69) is 4.72 Å². The maximum atomic E-state index is 13.1. The number of halogens is 1. The summed E-state index contributed by atoms with van der Waals surface area (Å²) in [6.07, 6.45) is 0. The molecule has 0 unspecified atom stereocenters. The minimum atomic E-state index is -3.59. The summed E-state index contributed by atoms with van der Waals surface area (Å²) in [6.45, 7) is 2.28. The summed E-state index contributed by atoms with van der Waals surface area (Å²) in [5.41, 5.74) is 5.74. The first-order valence-electron chi connectivity index (χ1n) is 5.53. The highest BCUT2D eigenvalue weighted by atomic mass is 32.2. The predicted octanol–water partition coefficient (Wildman–Crippen LogP) is 1.24. The summed E-state index contributed by atoms with van der Waals surface area (Å²) in [4.78, 5) is -0.0815. The van der Waals surface area contributed by atoms with Crippen LogP contribution >= 0.6 is 12.2 Å². The van der Waals surface area contributed by atoms with Gasteiger partial charge in [0.1, 0.15) is 10.8 Å². The largest absolute Gasteiger partial charge is 0.389 e. The highest BCUT2D eigenvalue weighted by Gasteiger charge is 2.14. The van der Waals surface area contributed by atoms with E-state index in [1.165, 1.54) is 6.07 Å². The Balaban J connectivity index is 2.90. The average Bonchev–Trinajstić information content (AvgIpc) is 2.31. The van der Waals surface area contributed by atoms with Gasteiger partial charge in [-0.25, -0.2) is 12.8 Å². The molecular formula is C11H15FN2O3S2. The standard InChI is InChI=1S/C11H15FN2O3S2/c1-2-17-5-6-19(15,16)14-10-4-3-8(12)7-9(10)11(13)18/h3-4,7,14H,2,5-6H2,1H3,(H2,13,18). The van der Waals surface area contributed by atoms with Crippen molar-refractivity contribution in [3.05, 3.63) is 29.6 Å². The van der Waals surface area contributed by atoms with Crippen LogP contribution in [0.2, 0.25) is 0 Å². The van der Waals surface area contributed by atoms with Crippen molar-refractivity contribution >= 4 is 32.9 Å². The van der Waals surface area contributed by atoms with Crippen molar-refractivity contribution in [3.8, 4) is 0 Å². The van der Waals surface area contributed by atoms with Gasteiger partial charge in [0.2, 0.25) is 10.0 Å². The fourth-order valence-electron chi connectivity index (χ4n) is 1.34. The third-order valence-electron chi connectivity index (χ3n) is 2.21. The van der Waals surface area contributed by atoms with Gasteiger partial charge in [-0.05, 0) is 25.1 Å². The number of benzene rings is 1. The summed E-state index contributed by atoms with van der Waals surface area (Å²) in [6, 6.07) is 3.49. The van der Waals surface area contributed by atoms with E-state index in [9.17, 15) is 12.8 Å². The van der Waals surface area contributed by atoms with Crippen LogP contribution in [0.4, 0.5) is 10.1 Å². The first-order chi connectivity index (χ1) is 8.85. The molecule has 0 saturated carbocycles. The van der Waals surface area contributed by atoms with Crippen LogP contribution < -0.4 is 10.5 Å². The third-order valence-corrected chi connectivity index (χ3v) is 3.67. The van der Waals surface area contributed by atoms with Crippen LogP contribution in [-0.2, 0) is 14.8 Å². The minimum absolute atomic E-state index is 0.0788. The van der Waals surface area contributed by atoms with Crippen LogP contribution in [0.15, 0.2) is 18.2 Å². The molecule has 1 aromatic carbocycles. The Kier molecular flexibility index (Phi) is 5.64. The number of anilines is 1. The lowest BCUT2D eigenvalue weighted by atomic mass is 10.2. The molecule has 0 saturated heterocycles. The minimum Gasteiger partial charge on any atom is -0.389 e. The number of thiocarbonyl (C=S) groups is 1. The lowest BCUT2D eigenvalue weighted by molar-refractivity contribution is 0.163. The van der Waals surface area contributed by atoms with Crippen molar-refractivity contribution in [1.82, 2.24) is 0 Å². The number of nitrogens with two attached hydrogens (primary N) is 1. The van der Waals surface area contributed by atoms with Gasteiger partial charge in [-0.3, -0.25) is 4.72 Å². The van der Waals surface area contributed by atoms with Crippen LogP contribution in [0.1, 0.15) is 12.5 Å². The van der Waals surface area contributed by atoms with Gasteiger partial charge in [0.05, 0.1) is 18.0 Å². The van der Waals surface area contributed by atoms with Crippen molar-refractivity contribution in [1.29, 1.82) is 0 Å². The van der Waals surface area contributed by atoms with E-state index in [0.29, 0.717) is 6.61 Å². The van der Waals surface area contributed by atoms with Crippen LogP contribution in [0.3, 0.4) is 0 Å². The smallest absolute Gasteiger partial charge is 0.235 e. The van der Waals surface area contributed by atoms with E-state index in [4.69, 9.17) is 22.7 Å². The van der Waals surface area contributed by atoms with Crippen LogP contribution in [0.5, 0.6) is 0 Å². The third kappa shape index (κ3) is 5.09. The predicted molar refractivity (Wildman–Crippen MR) is 76.2 cm³/mol. The fourth-order valence-corrected chi connectivity index (χ4v) is 2.46. The van der Waals surface area contributed by atoms with Crippen LogP contribution in [0, 0.1) is 5.82 Å². The Morgan fingerprint density at radius 2 is 2.21 bits per heavy atom. The molecule has 0 heterocycles. The number of rotatable bonds is 7. The average molecular weight is 306 g/mol. The molecule has 3 N–H and O–H groups in total. The van der Waals surface area contributed by atoms with Crippen molar-refractivity contribution in [2.45, 2.75) is 6.92 Å². The second kappa shape index (κ2) is 6.78. The molecule has 0 aliphatic carbocycles. The Morgan fingerprint density at radius 3 is 2.79 bits per heavy atom. The molecule has 1 rings (SSSR count). The highest BCUT2D eigenvalue weighted by Crippen LogP contribution is 2.18. The fraction of sp³-hybridized carbons (Fsp3) is 0.364. The van der Waals surface area contributed by atoms with E-state index < -0.39 is 15.8 Å². The summed E-state index contributed by atoms with van der Waals surface area (Å²) < 4.78 is 43.9. The van der Waals surface area contributed by atoms with Crippen molar-refractivity contribution in [2.24, 2.45) is 5.73 Å². The quantitative estimate of drug-likeness (QED) is 0.585. The molecule has 5 nitrogen and oxygen atoms in total. The van der Waals surface area contributed by atoms with Crippen molar-refractivity contribution < 1.29 is 17.5 Å². The lowest BCUT2D eigenvalue weighted by Crippen LogP contribution is -2.22. The van der Waals surface area contributed by atoms with Crippen LogP contribution in [0.25, 0.3) is 0 Å². The molecule has 0 radical (unpaired) electrons. The highest BCUT2D eigenvalue weighted by molar-refractivity contribution is 7.92. The second-order valence-corrected chi connectivity index (χ2v) is 5.95. The molecule has 8 heteroatoms. The number of nitrogens with one attached hydrogen (secondary N) is 1. The first kappa shape index (κ1) is 15.8. The van der Waals surface area contributed by atoms with E-state index in [1.54, 1.807) is 6.92 Å². The molecule has 0 spiro atoms. The SMILES string of the molecule is CCOCCS(=O)(=O)Nc1ccc(F)cc1C(N)=S. The van der Waals surface area contributed by atoms with Gasteiger partial charge in [-0.15, -0.1) is 0 Å². The van der Waals surface area contributed by atoms with E-state index >= 15 is 0 Å². The molecule has 0 aliphatic heterocycles. The maximum Gasteiger partial charge on any atom is 0.235 e. The Hall–Kier alpha value is -1.25. The van der Waals surface area contributed by atoms with Gasteiger partial charge in [-0.1, -0.05) is 12.2 Å². The van der Waals surface area contributed by atoms with E-state index in [1.807, 2.05) is 0 Å². The van der Waals surface area contributed by atoms with Gasteiger partial charge in [0.25, 0.3) is 0 Å². The van der Waals surface area contributed by atoms with Gasteiger partial charge in [0.15, 0.2) is 0 Å². The molecule has 0 fully saturated rings.